The van der Waals surface area contributed by atoms with Crippen molar-refractivity contribution in [3.05, 3.63) is 23.5 Å². The fourth-order valence-electron chi connectivity index (χ4n) is 3.17. The van der Waals surface area contributed by atoms with E-state index >= 15 is 0 Å². The van der Waals surface area contributed by atoms with Crippen LogP contribution in [0.15, 0.2) is 12.1 Å². The molecule has 2 unspecified atom stereocenters. The summed E-state index contributed by atoms with van der Waals surface area (Å²) >= 11 is 0. The molecule has 0 saturated heterocycles. The van der Waals surface area contributed by atoms with E-state index in [-0.39, 0.29) is 11.9 Å². The Hall–Kier alpha value is -1.76. The molecule has 1 aliphatic carbocycles. The molecule has 21 heavy (non-hydrogen) atoms. The highest BCUT2D eigenvalue weighted by atomic mass is 16.1. The van der Waals surface area contributed by atoms with Gasteiger partial charge < -0.3 is 10.3 Å². The maximum absolute atomic E-state index is 12.2. The topological polar surface area (TPSA) is 68.7 Å². The third-order valence-corrected chi connectivity index (χ3v) is 4.58. The number of amides is 1. The molecule has 1 heterocycles. The lowest BCUT2D eigenvalue weighted by atomic mass is 9.76. The Labute approximate surface area is 126 Å². The average molecular weight is 287 g/mol. The normalized spacial score (nSPS) is 23.1. The van der Waals surface area contributed by atoms with Crippen LogP contribution in [0.5, 0.6) is 0 Å². The van der Waals surface area contributed by atoms with E-state index in [1.165, 1.54) is 19.3 Å². The summed E-state index contributed by atoms with van der Waals surface area (Å²) in [6.45, 7) is 6.91. The van der Waals surface area contributed by atoms with Gasteiger partial charge in [-0.1, -0.05) is 27.2 Å². The maximum atomic E-state index is 12.2. The first-order valence-electron chi connectivity index (χ1n) is 7.80. The van der Waals surface area contributed by atoms with E-state index in [2.05, 4.69) is 31.1 Å². The number of carbonyl (C=O) groups excluding carboxylic acids is 1. The van der Waals surface area contributed by atoms with Crippen LogP contribution in [-0.2, 0) is 0 Å². The average Bonchev–Trinajstić information content (AvgIpc) is 2.77. The van der Waals surface area contributed by atoms with E-state index < -0.39 is 0 Å². The Balaban J connectivity index is 1.92. The fraction of sp³-hybridized carbons (Fsp3) is 0.647. The third-order valence-electron chi connectivity index (χ3n) is 4.58. The van der Waals surface area contributed by atoms with Crippen molar-refractivity contribution in [1.29, 1.82) is 5.26 Å². The molecule has 1 saturated carbocycles. The number of nitrogens with one attached hydrogen (secondary N) is 2. The Morgan fingerprint density at radius 3 is 2.67 bits per heavy atom. The van der Waals surface area contributed by atoms with Crippen LogP contribution in [0, 0.1) is 22.7 Å². The highest BCUT2D eigenvalue weighted by molar-refractivity contribution is 5.92. The monoisotopic (exact) mass is 287 g/mol. The minimum absolute atomic E-state index is 0.101. The molecule has 2 N–H and O–H groups in total. The van der Waals surface area contributed by atoms with Crippen LogP contribution in [0.25, 0.3) is 0 Å². The molecule has 4 heteroatoms. The van der Waals surface area contributed by atoms with Gasteiger partial charge >= 0.3 is 0 Å². The van der Waals surface area contributed by atoms with Gasteiger partial charge in [-0.15, -0.1) is 0 Å². The first-order valence-corrected chi connectivity index (χ1v) is 7.80. The van der Waals surface area contributed by atoms with Gasteiger partial charge in [0, 0.05) is 6.04 Å². The van der Waals surface area contributed by atoms with Crippen LogP contribution in [0.1, 0.15) is 69.1 Å². The highest BCUT2D eigenvalue weighted by Gasteiger charge is 2.28. The second-order valence-electron chi connectivity index (χ2n) is 7.14. The number of nitrogens with zero attached hydrogens (tertiary/aromatic N) is 1. The number of hydrogen-bond acceptors (Lipinski definition) is 2. The predicted octanol–water partition coefficient (Wildman–Crippen LogP) is 3.61. The highest BCUT2D eigenvalue weighted by Crippen LogP contribution is 2.36. The van der Waals surface area contributed by atoms with Gasteiger partial charge in [0.2, 0.25) is 0 Å². The van der Waals surface area contributed by atoms with E-state index in [1.54, 1.807) is 12.1 Å². The van der Waals surface area contributed by atoms with Gasteiger partial charge in [-0.05, 0) is 49.1 Å². The van der Waals surface area contributed by atoms with Gasteiger partial charge in [0.15, 0.2) is 0 Å². The number of H-pyrrole nitrogens is 1. The molecule has 114 valence electrons. The minimum atomic E-state index is -0.101. The molecule has 1 aromatic heterocycles. The lowest BCUT2D eigenvalue weighted by molar-refractivity contribution is 0.0928. The molecular weight excluding hydrogens is 262 g/mol. The van der Waals surface area contributed by atoms with Crippen molar-refractivity contribution >= 4 is 5.91 Å². The molecule has 1 fully saturated rings. The second-order valence-corrected chi connectivity index (χ2v) is 7.14. The zero-order valence-corrected chi connectivity index (χ0v) is 13.2. The number of rotatable bonds is 2. The molecule has 0 spiro atoms. The van der Waals surface area contributed by atoms with Crippen molar-refractivity contribution < 1.29 is 4.79 Å². The van der Waals surface area contributed by atoms with Crippen molar-refractivity contribution in [1.82, 2.24) is 10.3 Å². The van der Waals surface area contributed by atoms with Crippen molar-refractivity contribution in [3.63, 3.8) is 0 Å². The van der Waals surface area contributed by atoms with Crippen LogP contribution >= 0.6 is 0 Å². The van der Waals surface area contributed by atoms with E-state index in [4.69, 9.17) is 5.26 Å². The first-order chi connectivity index (χ1) is 9.90. The summed E-state index contributed by atoms with van der Waals surface area (Å²) in [6, 6.07) is 5.56. The van der Waals surface area contributed by atoms with E-state index in [9.17, 15) is 4.79 Å². The molecule has 0 bridgehead atoms. The number of carbonyl (C=O) groups is 1. The van der Waals surface area contributed by atoms with Crippen molar-refractivity contribution in [3.8, 4) is 6.07 Å². The number of nitriles is 1. The molecule has 4 nitrogen and oxygen atoms in total. The number of aromatic amines is 1. The van der Waals surface area contributed by atoms with Gasteiger partial charge in [0.1, 0.15) is 17.5 Å². The molecule has 0 aliphatic heterocycles. The van der Waals surface area contributed by atoms with Crippen molar-refractivity contribution in [2.45, 2.75) is 58.9 Å². The van der Waals surface area contributed by atoms with Crippen molar-refractivity contribution in [2.24, 2.45) is 11.3 Å². The zero-order valence-electron chi connectivity index (χ0n) is 13.2. The molecule has 1 aromatic rings. The molecule has 1 aliphatic rings. The summed E-state index contributed by atoms with van der Waals surface area (Å²) in [6.07, 6.45) is 5.67. The van der Waals surface area contributed by atoms with Gasteiger partial charge in [0.05, 0.1) is 0 Å². The summed E-state index contributed by atoms with van der Waals surface area (Å²) in [4.78, 5) is 15.0. The lowest BCUT2D eigenvalue weighted by Crippen LogP contribution is -2.34. The lowest BCUT2D eigenvalue weighted by Gasteiger charge is -2.29. The van der Waals surface area contributed by atoms with Gasteiger partial charge in [-0.25, -0.2) is 0 Å². The summed E-state index contributed by atoms with van der Waals surface area (Å²) in [5.41, 5.74) is 1.25. The SMILES string of the molecule is CC(C)(C)C1CCCC(NC(=O)c2ccc(C#N)[nH]2)CC1. The van der Waals surface area contributed by atoms with Crippen LogP contribution in [0.4, 0.5) is 0 Å². The Morgan fingerprint density at radius 1 is 1.29 bits per heavy atom. The molecule has 0 aromatic carbocycles. The molecule has 0 radical (unpaired) electrons. The summed E-state index contributed by atoms with van der Waals surface area (Å²) < 4.78 is 0. The van der Waals surface area contributed by atoms with Gasteiger partial charge in [0.25, 0.3) is 5.91 Å². The predicted molar refractivity (Wildman–Crippen MR) is 82.8 cm³/mol. The Morgan fingerprint density at radius 2 is 2.05 bits per heavy atom. The standard InChI is InChI=1S/C17H25N3O/c1-17(2,3)12-5-4-6-13(8-7-12)20-16(21)15-10-9-14(11-18)19-15/h9-10,12-13,19H,4-8H2,1-3H3,(H,20,21). The molecular formula is C17H25N3O. The Kier molecular flexibility index (Phi) is 4.72. The van der Waals surface area contributed by atoms with Crippen molar-refractivity contribution in [2.75, 3.05) is 0 Å². The van der Waals surface area contributed by atoms with E-state index in [0.29, 0.717) is 16.8 Å². The summed E-state index contributed by atoms with van der Waals surface area (Å²) in [5.74, 6) is 0.630. The molecule has 2 rings (SSSR count). The Bertz CT molecular complexity index is 533. The second kappa shape index (κ2) is 6.34. The summed E-state index contributed by atoms with van der Waals surface area (Å²) in [7, 11) is 0. The maximum Gasteiger partial charge on any atom is 0.267 e. The van der Waals surface area contributed by atoms with Gasteiger partial charge in [-0.3, -0.25) is 4.79 Å². The molecule has 2 atom stereocenters. The van der Waals surface area contributed by atoms with Crippen LogP contribution < -0.4 is 5.32 Å². The fourth-order valence-corrected chi connectivity index (χ4v) is 3.17. The quantitative estimate of drug-likeness (QED) is 0.816. The zero-order chi connectivity index (χ0) is 15.5. The minimum Gasteiger partial charge on any atom is -0.348 e. The van der Waals surface area contributed by atoms with Gasteiger partial charge in [-0.2, -0.15) is 5.26 Å². The number of aromatic nitrogens is 1. The summed E-state index contributed by atoms with van der Waals surface area (Å²) in [5, 5.41) is 11.9. The van der Waals surface area contributed by atoms with Crippen LogP contribution in [0.3, 0.4) is 0 Å². The smallest absolute Gasteiger partial charge is 0.267 e. The largest absolute Gasteiger partial charge is 0.348 e. The molecule has 1 amide bonds. The number of hydrogen-bond donors (Lipinski definition) is 2. The first kappa shape index (κ1) is 15.6. The van der Waals surface area contributed by atoms with Crippen LogP contribution in [-0.4, -0.2) is 16.9 Å². The van der Waals surface area contributed by atoms with Crippen LogP contribution in [0.2, 0.25) is 0 Å². The van der Waals surface area contributed by atoms with E-state index in [0.717, 1.165) is 18.8 Å². The third kappa shape index (κ3) is 4.10. The van der Waals surface area contributed by atoms with E-state index in [1.807, 2.05) is 6.07 Å².